The average molecular weight is 214 g/mol. The van der Waals surface area contributed by atoms with Crippen LogP contribution in [0.5, 0.6) is 0 Å². The molecule has 1 N–H and O–H groups in total. The summed E-state index contributed by atoms with van der Waals surface area (Å²) in [6.07, 6.45) is 1.29. The predicted octanol–water partition coefficient (Wildman–Crippen LogP) is 1.88. The van der Waals surface area contributed by atoms with Gasteiger partial charge in [0.2, 0.25) is 0 Å². The van der Waals surface area contributed by atoms with Crippen molar-refractivity contribution in [3.8, 4) is 0 Å². The van der Waals surface area contributed by atoms with E-state index in [-0.39, 0.29) is 0 Å². The highest BCUT2D eigenvalue weighted by atomic mass is 35.5. The third-order valence-corrected chi connectivity index (χ3v) is 3.39. The molecular formula is C10H16ClN3. The zero-order valence-electron chi connectivity index (χ0n) is 8.84. The molecule has 1 heterocycles. The number of aromatic nitrogens is 2. The normalized spacial score (nSPS) is 25.4. The van der Waals surface area contributed by atoms with E-state index in [1.54, 1.807) is 4.68 Å². The topological polar surface area (TPSA) is 29.9 Å². The van der Waals surface area contributed by atoms with E-state index in [4.69, 9.17) is 11.6 Å². The molecule has 0 radical (unpaired) electrons. The van der Waals surface area contributed by atoms with Crippen molar-refractivity contribution < 1.29 is 0 Å². The number of nitrogens with zero attached hydrogens (tertiary/aromatic N) is 2. The first-order chi connectivity index (χ1) is 6.59. The van der Waals surface area contributed by atoms with E-state index in [1.165, 1.54) is 6.42 Å². The van der Waals surface area contributed by atoms with Crippen molar-refractivity contribution in [3.63, 3.8) is 0 Å². The first-order valence-corrected chi connectivity index (χ1v) is 5.38. The molecular weight excluding hydrogens is 198 g/mol. The Bertz CT molecular complexity index is 345. The van der Waals surface area contributed by atoms with Crippen LogP contribution in [0, 0.1) is 12.8 Å². The van der Waals surface area contributed by atoms with Crippen LogP contribution in [0.3, 0.4) is 0 Å². The summed E-state index contributed by atoms with van der Waals surface area (Å²) in [5.41, 5.74) is 2.16. The number of nitrogens with one attached hydrogen (secondary N) is 1. The molecule has 1 aromatic rings. The zero-order valence-corrected chi connectivity index (χ0v) is 9.60. The maximum atomic E-state index is 6.11. The van der Waals surface area contributed by atoms with Gasteiger partial charge in [-0.05, 0) is 19.3 Å². The molecule has 1 aliphatic carbocycles. The summed E-state index contributed by atoms with van der Waals surface area (Å²) in [6, 6.07) is 0.686. The zero-order chi connectivity index (χ0) is 10.3. The third kappa shape index (κ3) is 1.79. The van der Waals surface area contributed by atoms with Crippen LogP contribution in [-0.4, -0.2) is 15.8 Å². The predicted molar refractivity (Wildman–Crippen MR) is 57.4 cm³/mol. The number of aryl methyl sites for hydroxylation is 2. The van der Waals surface area contributed by atoms with E-state index in [0.717, 1.165) is 28.9 Å². The molecule has 1 saturated carbocycles. The van der Waals surface area contributed by atoms with Crippen LogP contribution < -0.4 is 5.32 Å². The fourth-order valence-electron chi connectivity index (χ4n) is 1.71. The molecule has 0 amide bonds. The van der Waals surface area contributed by atoms with Crippen LogP contribution in [0.15, 0.2) is 0 Å². The van der Waals surface area contributed by atoms with Crippen molar-refractivity contribution >= 4 is 11.6 Å². The Hall–Kier alpha value is -0.540. The maximum absolute atomic E-state index is 6.11. The Morgan fingerprint density at radius 2 is 2.29 bits per heavy atom. The fraction of sp³-hybridized carbons (Fsp3) is 0.700. The molecule has 78 valence electrons. The van der Waals surface area contributed by atoms with Crippen LogP contribution >= 0.6 is 11.6 Å². The fourth-order valence-corrected chi connectivity index (χ4v) is 1.96. The summed E-state index contributed by atoms with van der Waals surface area (Å²) < 4.78 is 1.73. The first-order valence-electron chi connectivity index (χ1n) is 5.01. The van der Waals surface area contributed by atoms with Crippen molar-refractivity contribution in [2.24, 2.45) is 13.0 Å². The maximum Gasteiger partial charge on any atom is 0.131 e. The Morgan fingerprint density at radius 3 is 2.71 bits per heavy atom. The van der Waals surface area contributed by atoms with Crippen LogP contribution in [0.1, 0.15) is 24.6 Å². The molecule has 1 fully saturated rings. The minimum absolute atomic E-state index is 0.686. The molecule has 0 saturated heterocycles. The molecule has 14 heavy (non-hydrogen) atoms. The van der Waals surface area contributed by atoms with Crippen LogP contribution in [0.25, 0.3) is 0 Å². The number of halogens is 1. The molecule has 0 bridgehead atoms. The van der Waals surface area contributed by atoms with E-state index < -0.39 is 0 Å². The smallest absolute Gasteiger partial charge is 0.131 e. The minimum atomic E-state index is 0.686. The monoisotopic (exact) mass is 213 g/mol. The second-order valence-corrected chi connectivity index (χ2v) is 4.54. The molecule has 3 nitrogen and oxygen atoms in total. The summed E-state index contributed by atoms with van der Waals surface area (Å²) in [5, 5.41) is 8.51. The molecule has 2 rings (SSSR count). The minimum Gasteiger partial charge on any atom is -0.309 e. The van der Waals surface area contributed by atoms with E-state index in [0.29, 0.717) is 6.04 Å². The lowest BCUT2D eigenvalue weighted by Gasteiger charge is -2.02. The average Bonchev–Trinajstić information content (AvgIpc) is 2.75. The van der Waals surface area contributed by atoms with Gasteiger partial charge in [0.15, 0.2) is 0 Å². The van der Waals surface area contributed by atoms with Gasteiger partial charge in [-0.2, -0.15) is 5.10 Å². The van der Waals surface area contributed by atoms with Gasteiger partial charge in [-0.25, -0.2) is 0 Å². The number of rotatable bonds is 3. The Balaban J connectivity index is 2.01. The van der Waals surface area contributed by atoms with Gasteiger partial charge in [0.25, 0.3) is 0 Å². The lowest BCUT2D eigenvalue weighted by molar-refractivity contribution is 0.650. The van der Waals surface area contributed by atoms with Gasteiger partial charge in [0, 0.05) is 25.2 Å². The Morgan fingerprint density at radius 1 is 1.64 bits per heavy atom. The van der Waals surface area contributed by atoms with E-state index in [9.17, 15) is 0 Å². The highest BCUT2D eigenvalue weighted by Crippen LogP contribution is 2.30. The molecule has 0 aliphatic heterocycles. The van der Waals surface area contributed by atoms with Crippen LogP contribution in [-0.2, 0) is 13.6 Å². The van der Waals surface area contributed by atoms with Gasteiger partial charge >= 0.3 is 0 Å². The third-order valence-electron chi connectivity index (χ3n) is 2.92. The first kappa shape index (κ1) is 9.99. The van der Waals surface area contributed by atoms with Gasteiger partial charge in [-0.15, -0.1) is 0 Å². The lowest BCUT2D eigenvalue weighted by atomic mass is 10.2. The van der Waals surface area contributed by atoms with Crippen LogP contribution in [0.4, 0.5) is 0 Å². The molecule has 4 heteroatoms. The summed E-state index contributed by atoms with van der Waals surface area (Å²) in [5.74, 6) is 0.825. The van der Waals surface area contributed by atoms with Gasteiger partial charge in [0.1, 0.15) is 5.15 Å². The summed E-state index contributed by atoms with van der Waals surface area (Å²) in [4.78, 5) is 0. The summed E-state index contributed by atoms with van der Waals surface area (Å²) in [6.45, 7) is 5.10. The second kappa shape index (κ2) is 3.55. The molecule has 1 aromatic heterocycles. The van der Waals surface area contributed by atoms with Gasteiger partial charge < -0.3 is 5.32 Å². The van der Waals surface area contributed by atoms with Crippen molar-refractivity contribution in [3.05, 3.63) is 16.4 Å². The summed E-state index contributed by atoms with van der Waals surface area (Å²) >= 11 is 6.11. The Labute approximate surface area is 89.4 Å². The molecule has 0 aromatic carbocycles. The van der Waals surface area contributed by atoms with Gasteiger partial charge in [-0.3, -0.25) is 4.68 Å². The molecule has 2 unspecified atom stereocenters. The molecule has 1 aliphatic rings. The molecule has 0 spiro atoms. The van der Waals surface area contributed by atoms with Gasteiger partial charge in [0.05, 0.1) is 5.69 Å². The quantitative estimate of drug-likeness (QED) is 0.831. The highest BCUT2D eigenvalue weighted by molar-refractivity contribution is 6.30. The Kier molecular flexibility index (Phi) is 2.54. The SMILES string of the molecule is Cc1nn(C)c(Cl)c1CNC1CC1C. The van der Waals surface area contributed by atoms with E-state index in [1.807, 2.05) is 14.0 Å². The van der Waals surface area contributed by atoms with Crippen molar-refractivity contribution in [1.29, 1.82) is 0 Å². The van der Waals surface area contributed by atoms with E-state index >= 15 is 0 Å². The van der Waals surface area contributed by atoms with Crippen molar-refractivity contribution in [1.82, 2.24) is 15.1 Å². The standard InChI is InChI=1S/C10H16ClN3/c1-6-4-9(6)12-5-8-7(2)13-14(3)10(8)11/h6,9,12H,4-5H2,1-3H3. The van der Waals surface area contributed by atoms with Crippen LogP contribution in [0.2, 0.25) is 5.15 Å². The number of hydrogen-bond donors (Lipinski definition) is 1. The number of hydrogen-bond acceptors (Lipinski definition) is 2. The largest absolute Gasteiger partial charge is 0.309 e. The highest BCUT2D eigenvalue weighted by Gasteiger charge is 2.32. The van der Waals surface area contributed by atoms with Crippen molar-refractivity contribution in [2.75, 3.05) is 0 Å². The summed E-state index contributed by atoms with van der Waals surface area (Å²) in [7, 11) is 1.87. The molecule has 2 atom stereocenters. The van der Waals surface area contributed by atoms with Crippen molar-refractivity contribution in [2.45, 2.75) is 32.9 Å². The van der Waals surface area contributed by atoms with E-state index in [2.05, 4.69) is 17.3 Å². The lowest BCUT2D eigenvalue weighted by Crippen LogP contribution is -2.17. The van der Waals surface area contributed by atoms with Gasteiger partial charge in [-0.1, -0.05) is 18.5 Å². The second-order valence-electron chi connectivity index (χ2n) is 4.18.